The van der Waals surface area contributed by atoms with Crippen LogP contribution in [0.2, 0.25) is 0 Å². The number of fused-ring (bicyclic) bond motifs is 1. The molecule has 9 heteroatoms. The SMILES string of the molecule is CC1CCC(N2CC(NC(=O)CNc3n[nH]c4ccc(C(F)(F)F)cc34)C2)CC1. The molecule has 0 spiro atoms. The Hall–Kier alpha value is -2.29. The molecule has 1 amide bonds. The van der Waals surface area contributed by atoms with Gasteiger partial charge in [-0.05, 0) is 49.8 Å². The molecule has 6 nitrogen and oxygen atoms in total. The Morgan fingerprint density at radius 1 is 1.24 bits per heavy atom. The number of amides is 1. The second-order valence-electron chi connectivity index (χ2n) is 8.32. The summed E-state index contributed by atoms with van der Waals surface area (Å²) in [7, 11) is 0. The van der Waals surface area contributed by atoms with E-state index in [0.717, 1.165) is 31.1 Å². The smallest absolute Gasteiger partial charge is 0.359 e. The summed E-state index contributed by atoms with van der Waals surface area (Å²) in [5.41, 5.74) is -0.261. The van der Waals surface area contributed by atoms with E-state index in [1.807, 2.05) is 0 Å². The summed E-state index contributed by atoms with van der Waals surface area (Å²) in [4.78, 5) is 14.7. The van der Waals surface area contributed by atoms with Gasteiger partial charge in [0.1, 0.15) is 0 Å². The highest BCUT2D eigenvalue weighted by Crippen LogP contribution is 2.33. The molecule has 2 aromatic rings. The third kappa shape index (κ3) is 4.49. The molecule has 0 atom stereocenters. The van der Waals surface area contributed by atoms with Crippen molar-refractivity contribution in [2.45, 2.75) is 50.9 Å². The standard InChI is InChI=1S/C20H26F3N5O/c1-12-2-5-15(6-3-12)28-10-14(11-28)25-18(29)9-24-19-16-8-13(20(21,22)23)4-7-17(16)26-27-19/h4,7-8,12,14-15H,2-3,5-6,9-11H2,1H3,(H,25,29)(H2,24,26,27). The number of benzene rings is 1. The van der Waals surface area contributed by atoms with Gasteiger partial charge < -0.3 is 10.6 Å². The van der Waals surface area contributed by atoms with E-state index in [9.17, 15) is 18.0 Å². The Labute approximate surface area is 167 Å². The number of halogens is 3. The lowest BCUT2D eigenvalue weighted by Gasteiger charge is -2.46. The molecule has 1 aromatic heterocycles. The number of aromatic amines is 1. The third-order valence-corrected chi connectivity index (χ3v) is 6.08. The van der Waals surface area contributed by atoms with Crippen LogP contribution in [-0.2, 0) is 11.0 Å². The molecular formula is C20H26F3N5O. The number of likely N-dealkylation sites (tertiary alicyclic amines) is 1. The predicted molar refractivity (Wildman–Crippen MR) is 105 cm³/mol. The first-order valence-electron chi connectivity index (χ1n) is 10.1. The van der Waals surface area contributed by atoms with Crippen LogP contribution in [0.3, 0.4) is 0 Å². The molecule has 2 fully saturated rings. The average molecular weight is 409 g/mol. The summed E-state index contributed by atoms with van der Waals surface area (Å²) in [5, 5.41) is 12.8. The lowest BCUT2D eigenvalue weighted by Crippen LogP contribution is -2.63. The first-order valence-corrected chi connectivity index (χ1v) is 10.1. The first kappa shape index (κ1) is 20.0. The minimum absolute atomic E-state index is 0.0341. The van der Waals surface area contributed by atoms with Gasteiger partial charge >= 0.3 is 6.18 Å². The summed E-state index contributed by atoms with van der Waals surface area (Å²) in [5.74, 6) is 0.877. The van der Waals surface area contributed by atoms with Gasteiger partial charge in [0, 0.05) is 24.5 Å². The van der Waals surface area contributed by atoms with E-state index in [1.54, 1.807) is 0 Å². The first-order chi connectivity index (χ1) is 13.8. The average Bonchev–Trinajstić information content (AvgIpc) is 3.05. The minimum Gasteiger partial charge on any atom is -0.359 e. The fourth-order valence-corrected chi connectivity index (χ4v) is 4.28. The number of carbonyl (C=O) groups excluding carboxylic acids is 1. The van der Waals surface area contributed by atoms with Crippen LogP contribution in [0.5, 0.6) is 0 Å². The molecule has 1 saturated heterocycles. The number of anilines is 1. The van der Waals surface area contributed by atoms with Crippen molar-refractivity contribution in [1.29, 1.82) is 0 Å². The second kappa shape index (κ2) is 7.85. The van der Waals surface area contributed by atoms with Crippen molar-refractivity contribution in [2.75, 3.05) is 25.0 Å². The van der Waals surface area contributed by atoms with Gasteiger partial charge in [-0.25, -0.2) is 0 Å². The van der Waals surface area contributed by atoms with Crippen LogP contribution in [-0.4, -0.2) is 52.7 Å². The Balaban J connectivity index is 1.26. The Bertz CT molecular complexity index is 867. The van der Waals surface area contributed by atoms with Gasteiger partial charge in [-0.2, -0.15) is 18.3 Å². The van der Waals surface area contributed by atoms with E-state index in [0.29, 0.717) is 16.9 Å². The number of nitrogens with zero attached hydrogens (tertiary/aromatic N) is 2. The lowest BCUT2D eigenvalue weighted by molar-refractivity contribution is -0.137. The Kier molecular flexibility index (Phi) is 5.42. The van der Waals surface area contributed by atoms with Crippen LogP contribution >= 0.6 is 0 Å². The van der Waals surface area contributed by atoms with Crippen molar-refractivity contribution in [2.24, 2.45) is 5.92 Å². The quantitative estimate of drug-likeness (QED) is 0.708. The van der Waals surface area contributed by atoms with E-state index < -0.39 is 11.7 Å². The van der Waals surface area contributed by atoms with Gasteiger partial charge in [0.2, 0.25) is 5.91 Å². The fourth-order valence-electron chi connectivity index (χ4n) is 4.28. The number of carbonyl (C=O) groups is 1. The van der Waals surface area contributed by atoms with Crippen molar-refractivity contribution in [3.8, 4) is 0 Å². The molecule has 0 bridgehead atoms. The van der Waals surface area contributed by atoms with Crippen molar-refractivity contribution >= 4 is 22.6 Å². The summed E-state index contributed by atoms with van der Waals surface area (Å²) in [6.07, 6.45) is 0.587. The molecule has 0 unspecified atom stereocenters. The number of nitrogens with one attached hydrogen (secondary N) is 3. The third-order valence-electron chi connectivity index (χ3n) is 6.08. The maximum atomic E-state index is 12.9. The molecule has 158 valence electrons. The Morgan fingerprint density at radius 3 is 2.66 bits per heavy atom. The van der Waals surface area contributed by atoms with E-state index in [4.69, 9.17) is 0 Å². The number of hydrogen-bond acceptors (Lipinski definition) is 4. The highest BCUT2D eigenvalue weighted by molar-refractivity contribution is 5.92. The zero-order valence-electron chi connectivity index (χ0n) is 16.4. The molecule has 1 aromatic carbocycles. The molecule has 3 N–H and O–H groups in total. The topological polar surface area (TPSA) is 73.1 Å². The molecule has 2 heterocycles. The molecule has 29 heavy (non-hydrogen) atoms. The van der Waals surface area contributed by atoms with Crippen molar-refractivity contribution in [3.05, 3.63) is 23.8 Å². The second-order valence-corrected chi connectivity index (χ2v) is 8.32. The number of alkyl halides is 3. The van der Waals surface area contributed by atoms with Gasteiger partial charge in [-0.3, -0.25) is 14.8 Å². The zero-order chi connectivity index (χ0) is 20.6. The largest absolute Gasteiger partial charge is 0.416 e. The summed E-state index contributed by atoms with van der Waals surface area (Å²) in [6, 6.07) is 4.15. The molecular weight excluding hydrogens is 383 g/mol. The van der Waals surface area contributed by atoms with Crippen LogP contribution in [0.15, 0.2) is 18.2 Å². The number of rotatable bonds is 5. The number of H-pyrrole nitrogens is 1. The zero-order valence-corrected chi connectivity index (χ0v) is 16.4. The van der Waals surface area contributed by atoms with Gasteiger partial charge in [-0.15, -0.1) is 0 Å². The predicted octanol–water partition coefficient (Wildman–Crippen LogP) is 3.37. The highest BCUT2D eigenvalue weighted by atomic mass is 19.4. The molecule has 4 rings (SSSR count). The van der Waals surface area contributed by atoms with Crippen molar-refractivity contribution in [3.63, 3.8) is 0 Å². The molecule has 1 saturated carbocycles. The summed E-state index contributed by atoms with van der Waals surface area (Å²) >= 11 is 0. The van der Waals surface area contributed by atoms with Crippen LogP contribution < -0.4 is 10.6 Å². The summed E-state index contributed by atoms with van der Waals surface area (Å²) in [6.45, 7) is 4.00. The fraction of sp³-hybridized carbons (Fsp3) is 0.600. The maximum Gasteiger partial charge on any atom is 0.416 e. The summed E-state index contributed by atoms with van der Waals surface area (Å²) < 4.78 is 38.8. The molecule has 1 aliphatic heterocycles. The highest BCUT2D eigenvalue weighted by Gasteiger charge is 2.34. The molecule has 2 aliphatic rings. The van der Waals surface area contributed by atoms with Crippen LogP contribution in [0.4, 0.5) is 19.0 Å². The van der Waals surface area contributed by atoms with Gasteiger partial charge in [0.05, 0.1) is 23.7 Å². The van der Waals surface area contributed by atoms with E-state index in [1.165, 1.54) is 31.7 Å². The van der Waals surface area contributed by atoms with E-state index in [-0.39, 0.29) is 24.3 Å². The van der Waals surface area contributed by atoms with Gasteiger partial charge in [-0.1, -0.05) is 6.92 Å². The lowest BCUT2D eigenvalue weighted by atomic mass is 9.85. The van der Waals surface area contributed by atoms with Gasteiger partial charge in [0.25, 0.3) is 0 Å². The van der Waals surface area contributed by atoms with Crippen molar-refractivity contribution < 1.29 is 18.0 Å². The Morgan fingerprint density at radius 2 is 1.97 bits per heavy atom. The van der Waals surface area contributed by atoms with Crippen LogP contribution in [0, 0.1) is 5.92 Å². The van der Waals surface area contributed by atoms with Crippen LogP contribution in [0.1, 0.15) is 38.2 Å². The van der Waals surface area contributed by atoms with Crippen molar-refractivity contribution in [1.82, 2.24) is 20.4 Å². The molecule has 1 aliphatic carbocycles. The number of hydrogen-bond donors (Lipinski definition) is 3. The minimum atomic E-state index is -4.42. The van der Waals surface area contributed by atoms with E-state index >= 15 is 0 Å². The van der Waals surface area contributed by atoms with Gasteiger partial charge in [0.15, 0.2) is 5.82 Å². The van der Waals surface area contributed by atoms with Crippen LogP contribution in [0.25, 0.3) is 10.9 Å². The van der Waals surface area contributed by atoms with E-state index in [2.05, 4.69) is 32.7 Å². The normalized spacial score (nSPS) is 23.7. The monoisotopic (exact) mass is 409 g/mol. The maximum absolute atomic E-state index is 12.9. The number of aromatic nitrogens is 2. The molecule has 0 radical (unpaired) electrons.